The summed E-state index contributed by atoms with van der Waals surface area (Å²) in [4.78, 5) is -4.33. The van der Waals surface area contributed by atoms with Crippen molar-refractivity contribution in [2.45, 2.75) is 9.29 Å². The third-order valence-corrected chi connectivity index (χ3v) is 3.04. The summed E-state index contributed by atoms with van der Waals surface area (Å²) in [6.45, 7) is 0. The first-order valence-electron chi connectivity index (χ1n) is 1.89. The second-order valence-corrected chi connectivity index (χ2v) is 4.21. The molecule has 11 heavy (non-hydrogen) atoms. The second kappa shape index (κ2) is 3.55. The summed E-state index contributed by atoms with van der Waals surface area (Å²) < 4.78 is 55.2. The molecule has 9 heteroatoms. The second-order valence-electron chi connectivity index (χ2n) is 1.31. The number of hydrogen-bond acceptors (Lipinski definition) is 2. The molecule has 0 spiro atoms. The minimum absolute atomic E-state index is 1.46. The molecule has 68 valence electrons. The lowest BCUT2D eigenvalue weighted by atomic mass is 10.8. The highest BCUT2D eigenvalue weighted by Crippen LogP contribution is 2.44. The molecular weight excluding hydrogens is 279 g/mol. The predicted octanol–water partition coefficient (Wildman–Crippen LogP) is 2.40. The molecule has 2 unspecified atom stereocenters. The van der Waals surface area contributed by atoms with Crippen LogP contribution in [0.5, 0.6) is 0 Å². The van der Waals surface area contributed by atoms with Crippen molar-refractivity contribution in [3.05, 3.63) is 0 Å². The Morgan fingerprint density at radius 3 is 1.91 bits per heavy atom. The molecule has 0 aliphatic carbocycles. The normalized spacial score (nSPS) is 20.9. The van der Waals surface area contributed by atoms with Crippen LogP contribution in [0.2, 0.25) is 0 Å². The highest BCUT2D eigenvalue weighted by atomic mass is 79.9. The molecule has 0 aliphatic rings. The van der Waals surface area contributed by atoms with Crippen LogP contribution in [0.25, 0.3) is 0 Å². The number of alkyl halides is 5. The van der Waals surface area contributed by atoms with Crippen LogP contribution >= 0.6 is 27.5 Å². The van der Waals surface area contributed by atoms with Gasteiger partial charge in [0.25, 0.3) is 11.1 Å². The third-order valence-electron chi connectivity index (χ3n) is 0.597. The lowest BCUT2D eigenvalue weighted by molar-refractivity contribution is -0.0140. The van der Waals surface area contributed by atoms with Crippen molar-refractivity contribution in [2.24, 2.45) is 0 Å². The largest absolute Gasteiger partial charge is 0.363 e. The van der Waals surface area contributed by atoms with Gasteiger partial charge in [-0.25, -0.2) is 8.60 Å². The van der Waals surface area contributed by atoms with Crippen molar-refractivity contribution >= 4 is 38.6 Å². The van der Waals surface area contributed by atoms with Crippen LogP contribution in [-0.2, 0) is 15.5 Å². The van der Waals surface area contributed by atoms with E-state index in [1.54, 1.807) is 0 Å². The van der Waals surface area contributed by atoms with Crippen LogP contribution in [0.15, 0.2) is 0 Å². The quantitative estimate of drug-likeness (QED) is 0.586. The third kappa shape index (κ3) is 2.53. The van der Waals surface area contributed by atoms with Crippen LogP contribution in [0.1, 0.15) is 0 Å². The molecule has 0 aromatic rings. The fourth-order valence-corrected chi connectivity index (χ4v) is 0.870. The highest BCUT2D eigenvalue weighted by molar-refractivity contribution is 9.10. The molecule has 2 atom stereocenters. The van der Waals surface area contributed by atoms with Gasteiger partial charge in [0.2, 0.25) is 0 Å². The lowest BCUT2D eigenvalue weighted by Gasteiger charge is -2.18. The molecule has 0 amide bonds. The van der Waals surface area contributed by atoms with E-state index in [9.17, 15) is 21.9 Å². The number of rotatable bonds is 3. The Morgan fingerprint density at radius 2 is 1.82 bits per heavy atom. The SMILES string of the molecule is O=S(OF)C(F)(Cl)C(F)(F)Br. The fraction of sp³-hybridized carbons (Fsp3) is 1.00. The fourth-order valence-electron chi connectivity index (χ4n) is 0.134. The van der Waals surface area contributed by atoms with Gasteiger partial charge >= 0.3 is 9.29 Å². The Kier molecular flexibility index (Phi) is 3.74. The van der Waals surface area contributed by atoms with Gasteiger partial charge in [-0.15, -0.1) is 0 Å². The molecule has 0 heterocycles. The molecule has 0 saturated carbocycles. The topological polar surface area (TPSA) is 26.3 Å². The standard InChI is InChI=1S/C2BrClF4O2S/c3-1(5,6)2(4,7)11(9)10-8. The van der Waals surface area contributed by atoms with Crippen LogP contribution in [0.3, 0.4) is 0 Å². The average molecular weight is 279 g/mol. The van der Waals surface area contributed by atoms with Gasteiger partial charge in [0.15, 0.2) is 0 Å². The van der Waals surface area contributed by atoms with Gasteiger partial charge in [-0.05, 0) is 20.5 Å². The molecule has 0 saturated heterocycles. The van der Waals surface area contributed by atoms with Crippen LogP contribution in [-0.4, -0.2) is 13.5 Å². The Hall–Kier alpha value is 0.600. The van der Waals surface area contributed by atoms with Gasteiger partial charge in [-0.1, -0.05) is 16.0 Å². The number of hydrogen-bond donors (Lipinski definition) is 0. The lowest BCUT2D eigenvalue weighted by Crippen LogP contribution is -2.38. The monoisotopic (exact) mass is 278 g/mol. The minimum Gasteiger partial charge on any atom is -0.222 e. The van der Waals surface area contributed by atoms with E-state index in [1.807, 2.05) is 0 Å². The van der Waals surface area contributed by atoms with E-state index in [0.717, 1.165) is 0 Å². The molecule has 0 radical (unpaired) electrons. The smallest absolute Gasteiger partial charge is 0.222 e. The van der Waals surface area contributed by atoms with E-state index >= 15 is 0 Å². The van der Waals surface area contributed by atoms with Crippen molar-refractivity contribution in [1.29, 1.82) is 0 Å². The summed E-state index contributed by atoms with van der Waals surface area (Å²) in [7, 11) is 0. The van der Waals surface area contributed by atoms with E-state index < -0.39 is 20.4 Å². The van der Waals surface area contributed by atoms with Gasteiger partial charge in [-0.3, -0.25) is 0 Å². The highest BCUT2D eigenvalue weighted by Gasteiger charge is 2.59. The summed E-state index contributed by atoms with van der Waals surface area (Å²) >= 11 is 2.22. The maximum Gasteiger partial charge on any atom is 0.363 e. The summed E-state index contributed by atoms with van der Waals surface area (Å²) in [5.41, 5.74) is 0. The summed E-state index contributed by atoms with van der Waals surface area (Å²) in [6.07, 6.45) is 0. The van der Waals surface area contributed by atoms with E-state index in [2.05, 4.69) is 16.0 Å². The maximum atomic E-state index is 12.3. The van der Waals surface area contributed by atoms with Crippen LogP contribution in [0.4, 0.5) is 17.7 Å². The molecule has 0 aliphatic heterocycles. The van der Waals surface area contributed by atoms with E-state index in [1.165, 1.54) is 15.9 Å². The van der Waals surface area contributed by atoms with Gasteiger partial charge in [0, 0.05) is 0 Å². The molecule has 0 aromatic heterocycles. The molecule has 0 aromatic carbocycles. The molecule has 0 fully saturated rings. The summed E-state index contributed by atoms with van der Waals surface area (Å²) in [6, 6.07) is 0. The van der Waals surface area contributed by atoms with Crippen molar-refractivity contribution < 1.29 is 26.3 Å². The van der Waals surface area contributed by atoms with Crippen molar-refractivity contribution in [3.8, 4) is 0 Å². The Bertz CT molecular complexity index is 170. The Morgan fingerprint density at radius 1 is 1.45 bits per heavy atom. The molecule has 0 N–H and O–H groups in total. The zero-order chi connectivity index (χ0) is 9.28. The molecule has 2 nitrogen and oxygen atoms in total. The van der Waals surface area contributed by atoms with Gasteiger partial charge in [0.1, 0.15) is 0 Å². The number of halogens is 6. The van der Waals surface area contributed by atoms with Crippen molar-refractivity contribution in [1.82, 2.24) is 0 Å². The van der Waals surface area contributed by atoms with Gasteiger partial charge in [-0.2, -0.15) is 8.78 Å². The van der Waals surface area contributed by atoms with Gasteiger partial charge < -0.3 is 0 Å². The maximum absolute atomic E-state index is 12.3. The minimum atomic E-state index is -4.33. The zero-order valence-electron chi connectivity index (χ0n) is 4.49. The average Bonchev–Trinajstić information content (AvgIpc) is 1.83. The van der Waals surface area contributed by atoms with E-state index in [0.29, 0.717) is 0 Å². The first-order valence-corrected chi connectivity index (χ1v) is 4.13. The Balaban J connectivity index is 4.59. The van der Waals surface area contributed by atoms with Crippen molar-refractivity contribution in [2.75, 3.05) is 0 Å². The first-order chi connectivity index (χ1) is 4.73. The summed E-state index contributed by atoms with van der Waals surface area (Å²) in [5, 5.41) is 0. The van der Waals surface area contributed by atoms with E-state index in [-0.39, 0.29) is 0 Å². The van der Waals surface area contributed by atoms with Crippen molar-refractivity contribution in [3.63, 3.8) is 0 Å². The van der Waals surface area contributed by atoms with E-state index in [4.69, 9.17) is 0 Å². The zero-order valence-corrected chi connectivity index (χ0v) is 7.65. The predicted molar refractivity (Wildman–Crippen MR) is 33.9 cm³/mol. The molecular formula is C2BrClF4O2S. The van der Waals surface area contributed by atoms with Gasteiger partial charge in [0.05, 0.1) is 0 Å². The van der Waals surface area contributed by atoms with Crippen LogP contribution < -0.4 is 0 Å². The molecule has 0 bridgehead atoms. The summed E-state index contributed by atoms with van der Waals surface area (Å²) in [5.74, 6) is 0. The first kappa shape index (κ1) is 11.6. The molecule has 0 rings (SSSR count). The Labute approximate surface area is 74.5 Å². The van der Waals surface area contributed by atoms with Crippen LogP contribution in [0, 0.1) is 0 Å².